The maximum absolute atomic E-state index is 11.6. The lowest BCUT2D eigenvalue weighted by Gasteiger charge is -2.07. The zero-order chi connectivity index (χ0) is 13.1. The minimum atomic E-state index is -0.484. The second kappa shape index (κ2) is 5.14. The minimum Gasteiger partial charge on any atom is -0.465 e. The monoisotopic (exact) mass is 262 g/mol. The molecule has 0 amide bonds. The first-order valence-electron chi connectivity index (χ1n) is 5.29. The van der Waals surface area contributed by atoms with Gasteiger partial charge in [-0.05, 0) is 18.5 Å². The predicted molar refractivity (Wildman–Crippen MR) is 68.6 cm³/mol. The summed E-state index contributed by atoms with van der Waals surface area (Å²) >= 11 is 5.77. The van der Waals surface area contributed by atoms with Crippen LogP contribution >= 0.6 is 11.6 Å². The van der Waals surface area contributed by atoms with Gasteiger partial charge in [-0.15, -0.1) is 0 Å². The Morgan fingerprint density at radius 3 is 2.56 bits per heavy atom. The van der Waals surface area contributed by atoms with Gasteiger partial charge < -0.3 is 4.74 Å². The van der Waals surface area contributed by atoms with Crippen molar-refractivity contribution in [2.45, 2.75) is 6.92 Å². The molecule has 5 heteroatoms. The number of nitrogens with zero attached hydrogens (tertiary/aromatic N) is 2. The van der Waals surface area contributed by atoms with E-state index in [1.807, 2.05) is 31.2 Å². The molecule has 0 aliphatic carbocycles. The molecule has 1 aromatic carbocycles. The van der Waals surface area contributed by atoms with Gasteiger partial charge in [0, 0.05) is 11.8 Å². The second-order valence-electron chi connectivity index (χ2n) is 3.76. The van der Waals surface area contributed by atoms with Gasteiger partial charge in [0.25, 0.3) is 0 Å². The zero-order valence-electron chi connectivity index (χ0n) is 9.98. The molecule has 0 saturated heterocycles. The van der Waals surface area contributed by atoms with E-state index >= 15 is 0 Å². The number of hydrogen-bond acceptors (Lipinski definition) is 4. The molecule has 4 nitrogen and oxygen atoms in total. The number of halogens is 1. The summed E-state index contributed by atoms with van der Waals surface area (Å²) in [5.74, 6) is -0.484. The van der Waals surface area contributed by atoms with Gasteiger partial charge in [-0.1, -0.05) is 29.8 Å². The highest BCUT2D eigenvalue weighted by atomic mass is 35.5. The summed E-state index contributed by atoms with van der Waals surface area (Å²) in [6, 6.07) is 7.62. The van der Waals surface area contributed by atoms with Gasteiger partial charge in [-0.2, -0.15) is 0 Å². The van der Waals surface area contributed by atoms with Crippen molar-refractivity contribution in [1.82, 2.24) is 9.97 Å². The number of ether oxygens (including phenoxy) is 1. The van der Waals surface area contributed by atoms with E-state index in [1.165, 1.54) is 13.3 Å². The summed E-state index contributed by atoms with van der Waals surface area (Å²) < 4.78 is 4.70. The number of aromatic nitrogens is 2. The number of methoxy groups -OCH3 is 1. The number of aryl methyl sites for hydroxylation is 1. The Bertz CT molecular complexity index is 582. The maximum Gasteiger partial charge on any atom is 0.341 e. The van der Waals surface area contributed by atoms with Gasteiger partial charge in [0.1, 0.15) is 5.56 Å². The first-order valence-corrected chi connectivity index (χ1v) is 5.67. The van der Waals surface area contributed by atoms with Crippen molar-refractivity contribution in [1.29, 1.82) is 0 Å². The normalized spacial score (nSPS) is 10.2. The van der Waals surface area contributed by atoms with Crippen LogP contribution in [0.5, 0.6) is 0 Å². The van der Waals surface area contributed by atoms with Gasteiger partial charge in [0.2, 0.25) is 5.28 Å². The topological polar surface area (TPSA) is 52.1 Å². The first-order chi connectivity index (χ1) is 8.61. The largest absolute Gasteiger partial charge is 0.465 e. The lowest BCUT2D eigenvalue weighted by molar-refractivity contribution is 0.0600. The Balaban J connectivity index is 2.57. The van der Waals surface area contributed by atoms with Crippen molar-refractivity contribution in [2.75, 3.05) is 7.11 Å². The molecule has 92 valence electrons. The van der Waals surface area contributed by atoms with Gasteiger partial charge in [0.05, 0.1) is 12.8 Å². The first kappa shape index (κ1) is 12.5. The lowest BCUT2D eigenvalue weighted by atomic mass is 10.1. The Morgan fingerprint density at radius 1 is 1.28 bits per heavy atom. The number of carbonyl (C=O) groups is 1. The van der Waals surface area contributed by atoms with Crippen LogP contribution in [0.15, 0.2) is 30.5 Å². The third-order valence-electron chi connectivity index (χ3n) is 2.49. The van der Waals surface area contributed by atoms with E-state index in [2.05, 4.69) is 9.97 Å². The summed E-state index contributed by atoms with van der Waals surface area (Å²) in [6.07, 6.45) is 1.37. The summed E-state index contributed by atoms with van der Waals surface area (Å²) in [6.45, 7) is 1.98. The van der Waals surface area contributed by atoms with Crippen LogP contribution < -0.4 is 0 Å². The SMILES string of the molecule is COC(=O)c1cnc(Cl)nc1-c1ccc(C)cc1. The van der Waals surface area contributed by atoms with E-state index in [4.69, 9.17) is 16.3 Å². The number of esters is 1. The highest BCUT2D eigenvalue weighted by Gasteiger charge is 2.16. The molecule has 0 fully saturated rings. The fraction of sp³-hybridized carbons (Fsp3) is 0.154. The van der Waals surface area contributed by atoms with Crippen LogP contribution in [0.1, 0.15) is 15.9 Å². The van der Waals surface area contributed by atoms with Crippen molar-refractivity contribution < 1.29 is 9.53 Å². The summed E-state index contributed by atoms with van der Waals surface area (Å²) in [7, 11) is 1.32. The van der Waals surface area contributed by atoms with Gasteiger partial charge in [-0.25, -0.2) is 14.8 Å². The van der Waals surface area contributed by atoms with Gasteiger partial charge in [0.15, 0.2) is 0 Å². The van der Waals surface area contributed by atoms with Crippen LogP contribution in [0.4, 0.5) is 0 Å². The zero-order valence-corrected chi connectivity index (χ0v) is 10.7. The fourth-order valence-corrected chi connectivity index (χ4v) is 1.68. The van der Waals surface area contributed by atoms with Crippen LogP contribution in [-0.4, -0.2) is 23.0 Å². The highest BCUT2D eigenvalue weighted by Crippen LogP contribution is 2.23. The van der Waals surface area contributed by atoms with Crippen LogP contribution in [-0.2, 0) is 4.74 Å². The Labute approximate surface area is 110 Å². The molecule has 0 aliphatic heterocycles. The fourth-order valence-electron chi connectivity index (χ4n) is 1.55. The highest BCUT2D eigenvalue weighted by molar-refractivity contribution is 6.28. The molecule has 2 rings (SSSR count). The molecule has 0 atom stereocenters. The van der Waals surface area contributed by atoms with Gasteiger partial charge in [-0.3, -0.25) is 0 Å². The summed E-state index contributed by atoms with van der Waals surface area (Å²) in [5, 5.41) is 0.0956. The molecule has 1 aromatic heterocycles. The Hall–Kier alpha value is -1.94. The average molecular weight is 263 g/mol. The van der Waals surface area contributed by atoms with E-state index in [1.54, 1.807) is 0 Å². The number of rotatable bonds is 2. The Kier molecular flexibility index (Phi) is 3.58. The van der Waals surface area contributed by atoms with Crippen molar-refractivity contribution in [3.63, 3.8) is 0 Å². The van der Waals surface area contributed by atoms with E-state index in [0.29, 0.717) is 11.3 Å². The molecule has 0 unspecified atom stereocenters. The summed E-state index contributed by atoms with van der Waals surface area (Å²) in [5.41, 5.74) is 2.69. The van der Waals surface area contributed by atoms with Crippen molar-refractivity contribution in [3.8, 4) is 11.3 Å². The molecule has 18 heavy (non-hydrogen) atoms. The number of carbonyl (C=O) groups excluding carboxylic acids is 1. The van der Waals surface area contributed by atoms with E-state index in [0.717, 1.165) is 11.1 Å². The third-order valence-corrected chi connectivity index (χ3v) is 2.67. The molecular weight excluding hydrogens is 252 g/mol. The quantitative estimate of drug-likeness (QED) is 0.617. The smallest absolute Gasteiger partial charge is 0.341 e. The van der Waals surface area contributed by atoms with Gasteiger partial charge >= 0.3 is 5.97 Å². The molecule has 0 spiro atoms. The average Bonchev–Trinajstić information content (AvgIpc) is 2.38. The van der Waals surface area contributed by atoms with Crippen molar-refractivity contribution >= 4 is 17.6 Å². The molecular formula is C13H11ClN2O2. The van der Waals surface area contributed by atoms with Crippen LogP contribution in [0.2, 0.25) is 5.28 Å². The van der Waals surface area contributed by atoms with Crippen LogP contribution in [0.25, 0.3) is 11.3 Å². The lowest BCUT2D eigenvalue weighted by Crippen LogP contribution is -2.06. The molecule has 1 heterocycles. The molecule has 0 aliphatic rings. The second-order valence-corrected chi connectivity index (χ2v) is 4.10. The molecule has 0 radical (unpaired) electrons. The summed E-state index contributed by atoms with van der Waals surface area (Å²) in [4.78, 5) is 19.5. The van der Waals surface area contributed by atoms with E-state index in [-0.39, 0.29) is 5.28 Å². The minimum absolute atomic E-state index is 0.0956. The van der Waals surface area contributed by atoms with Crippen molar-refractivity contribution in [2.24, 2.45) is 0 Å². The number of hydrogen-bond donors (Lipinski definition) is 0. The Morgan fingerprint density at radius 2 is 1.94 bits per heavy atom. The van der Waals surface area contributed by atoms with E-state index in [9.17, 15) is 4.79 Å². The molecule has 0 saturated carbocycles. The van der Waals surface area contributed by atoms with Crippen molar-refractivity contribution in [3.05, 3.63) is 46.9 Å². The maximum atomic E-state index is 11.6. The predicted octanol–water partition coefficient (Wildman–Crippen LogP) is 2.89. The van der Waals surface area contributed by atoms with Crippen LogP contribution in [0.3, 0.4) is 0 Å². The molecule has 0 N–H and O–H groups in total. The molecule has 2 aromatic rings. The van der Waals surface area contributed by atoms with Crippen LogP contribution in [0, 0.1) is 6.92 Å². The third kappa shape index (κ3) is 2.49. The van der Waals surface area contributed by atoms with E-state index < -0.39 is 5.97 Å². The molecule has 0 bridgehead atoms. The number of benzene rings is 1. The standard InChI is InChI=1S/C13H11ClN2O2/c1-8-3-5-9(6-4-8)11-10(12(17)18-2)7-15-13(14)16-11/h3-7H,1-2H3.